The number of hydrogen-bond acceptors (Lipinski definition) is 4. The van der Waals surface area contributed by atoms with Gasteiger partial charge in [0, 0.05) is 39.3 Å². The van der Waals surface area contributed by atoms with Crippen molar-refractivity contribution >= 4 is 16.1 Å². The molecule has 0 N–H and O–H groups in total. The summed E-state index contributed by atoms with van der Waals surface area (Å²) >= 11 is 0. The molecule has 0 bridgehead atoms. The second-order valence-electron chi connectivity index (χ2n) is 8.22. The summed E-state index contributed by atoms with van der Waals surface area (Å²) in [6.07, 6.45) is 3.27. The van der Waals surface area contributed by atoms with Crippen LogP contribution in [-0.2, 0) is 10.2 Å². The number of amides is 1. The van der Waals surface area contributed by atoms with Gasteiger partial charge in [-0.15, -0.1) is 0 Å². The molecule has 0 atom stereocenters. The van der Waals surface area contributed by atoms with Crippen LogP contribution in [0.25, 0.3) is 0 Å². The highest BCUT2D eigenvalue weighted by Crippen LogP contribution is 2.35. The fourth-order valence-electron chi connectivity index (χ4n) is 3.79. The molecule has 146 valence electrons. The summed E-state index contributed by atoms with van der Waals surface area (Å²) in [7, 11) is -3.45. The van der Waals surface area contributed by atoms with Gasteiger partial charge < -0.3 is 9.32 Å². The lowest BCUT2D eigenvalue weighted by Crippen LogP contribution is -2.55. The van der Waals surface area contributed by atoms with Gasteiger partial charge >= 0.3 is 0 Å². The predicted octanol–water partition coefficient (Wildman–Crippen LogP) is 2.04. The van der Waals surface area contributed by atoms with E-state index in [1.807, 2.05) is 0 Å². The predicted molar refractivity (Wildman–Crippen MR) is 98.9 cm³/mol. The molecule has 2 fully saturated rings. The second kappa shape index (κ2) is 7.32. The number of hydrogen-bond donors (Lipinski definition) is 0. The van der Waals surface area contributed by atoms with Crippen molar-refractivity contribution in [3.05, 3.63) is 24.2 Å². The van der Waals surface area contributed by atoms with E-state index < -0.39 is 10.2 Å². The summed E-state index contributed by atoms with van der Waals surface area (Å²) in [6.45, 7) is 9.24. The molecular weight excluding hydrogens is 354 g/mol. The third-order valence-corrected chi connectivity index (χ3v) is 7.62. The molecule has 0 saturated carbocycles. The van der Waals surface area contributed by atoms with Crippen molar-refractivity contribution in [2.45, 2.75) is 33.6 Å². The van der Waals surface area contributed by atoms with E-state index in [4.69, 9.17) is 4.42 Å². The van der Waals surface area contributed by atoms with Gasteiger partial charge in [-0.1, -0.05) is 20.8 Å². The maximum Gasteiger partial charge on any atom is 0.289 e. The van der Waals surface area contributed by atoms with Crippen LogP contribution in [-0.4, -0.2) is 67.1 Å². The average molecular weight is 384 g/mol. The van der Waals surface area contributed by atoms with Crippen molar-refractivity contribution in [2.75, 3.05) is 39.3 Å². The molecule has 26 heavy (non-hydrogen) atoms. The Morgan fingerprint density at radius 3 is 2.12 bits per heavy atom. The number of carbonyl (C=O) groups excluding carboxylic acids is 1. The normalized spacial score (nSPS) is 21.9. The Kier molecular flexibility index (Phi) is 5.46. The Morgan fingerprint density at radius 1 is 1.04 bits per heavy atom. The molecule has 3 rings (SSSR count). The van der Waals surface area contributed by atoms with Gasteiger partial charge in [0.25, 0.3) is 16.1 Å². The van der Waals surface area contributed by atoms with Crippen LogP contribution in [0.4, 0.5) is 0 Å². The van der Waals surface area contributed by atoms with Gasteiger partial charge in [0.1, 0.15) is 0 Å². The standard InChI is InChI=1S/C18H29N3O4S/c1-18(2,3)15-6-8-20(9-7-15)26(23,24)21-12-10-19(11-13-21)17(22)16-5-4-14-25-16/h4-5,14-15H,6-13H2,1-3H3. The third-order valence-electron chi connectivity index (χ3n) is 5.59. The summed E-state index contributed by atoms with van der Waals surface area (Å²) in [4.78, 5) is 14.0. The SMILES string of the molecule is CC(C)(C)C1CCN(S(=O)(=O)N2CCN(C(=O)c3ccco3)CC2)CC1. The van der Waals surface area contributed by atoms with Gasteiger partial charge in [0.15, 0.2) is 5.76 Å². The summed E-state index contributed by atoms with van der Waals surface area (Å²) < 4.78 is 34.1. The second-order valence-corrected chi connectivity index (χ2v) is 10.1. The molecule has 2 aliphatic rings. The molecule has 2 saturated heterocycles. The van der Waals surface area contributed by atoms with E-state index in [0.717, 1.165) is 12.8 Å². The van der Waals surface area contributed by atoms with Crippen LogP contribution >= 0.6 is 0 Å². The quantitative estimate of drug-likeness (QED) is 0.801. The lowest BCUT2D eigenvalue weighted by molar-refractivity contribution is 0.0659. The fourth-order valence-corrected chi connectivity index (χ4v) is 5.42. The minimum Gasteiger partial charge on any atom is -0.459 e. The van der Waals surface area contributed by atoms with Crippen molar-refractivity contribution in [1.82, 2.24) is 13.5 Å². The Balaban J connectivity index is 1.56. The molecule has 0 aliphatic carbocycles. The summed E-state index contributed by atoms with van der Waals surface area (Å²) in [6, 6.07) is 3.31. The average Bonchev–Trinajstić information content (AvgIpc) is 3.15. The van der Waals surface area contributed by atoms with Crippen molar-refractivity contribution < 1.29 is 17.6 Å². The van der Waals surface area contributed by atoms with Crippen LogP contribution < -0.4 is 0 Å². The molecule has 0 radical (unpaired) electrons. The van der Waals surface area contributed by atoms with Crippen LogP contribution in [0.1, 0.15) is 44.2 Å². The van der Waals surface area contributed by atoms with Gasteiger partial charge in [-0.05, 0) is 36.3 Å². The lowest BCUT2D eigenvalue weighted by Gasteiger charge is -2.41. The van der Waals surface area contributed by atoms with E-state index >= 15 is 0 Å². The number of piperidine rings is 1. The van der Waals surface area contributed by atoms with E-state index in [2.05, 4.69) is 20.8 Å². The molecule has 1 amide bonds. The maximum atomic E-state index is 12.9. The van der Waals surface area contributed by atoms with E-state index in [1.165, 1.54) is 10.6 Å². The van der Waals surface area contributed by atoms with Crippen molar-refractivity contribution in [3.8, 4) is 0 Å². The molecule has 7 nitrogen and oxygen atoms in total. The zero-order chi connectivity index (χ0) is 18.9. The fraction of sp³-hybridized carbons (Fsp3) is 0.722. The van der Waals surface area contributed by atoms with Crippen molar-refractivity contribution in [3.63, 3.8) is 0 Å². The van der Waals surface area contributed by atoms with Gasteiger partial charge in [-0.25, -0.2) is 0 Å². The maximum absolute atomic E-state index is 12.9. The first-order valence-electron chi connectivity index (χ1n) is 9.27. The van der Waals surface area contributed by atoms with Crippen LogP contribution in [0.2, 0.25) is 0 Å². The number of piperazine rings is 1. The lowest BCUT2D eigenvalue weighted by atomic mass is 9.76. The molecule has 0 aromatic carbocycles. The first-order valence-corrected chi connectivity index (χ1v) is 10.7. The smallest absolute Gasteiger partial charge is 0.289 e. The first kappa shape index (κ1) is 19.4. The Morgan fingerprint density at radius 2 is 1.62 bits per heavy atom. The third kappa shape index (κ3) is 3.97. The van der Waals surface area contributed by atoms with Gasteiger partial charge in [0.2, 0.25) is 0 Å². The molecule has 0 unspecified atom stereocenters. The molecule has 8 heteroatoms. The van der Waals surface area contributed by atoms with Crippen LogP contribution in [0.5, 0.6) is 0 Å². The highest BCUT2D eigenvalue weighted by molar-refractivity contribution is 7.86. The Bertz CT molecular complexity index is 708. The summed E-state index contributed by atoms with van der Waals surface area (Å²) in [5.41, 5.74) is 0.216. The minimum absolute atomic E-state index is 0.182. The van der Waals surface area contributed by atoms with Gasteiger partial charge in [0.05, 0.1) is 6.26 Å². The number of furan rings is 1. The van der Waals surface area contributed by atoms with Crippen LogP contribution in [0, 0.1) is 11.3 Å². The minimum atomic E-state index is -3.45. The summed E-state index contributed by atoms with van der Waals surface area (Å²) in [5, 5.41) is 0. The van der Waals surface area contributed by atoms with Gasteiger partial charge in [-0.2, -0.15) is 17.0 Å². The van der Waals surface area contributed by atoms with E-state index in [-0.39, 0.29) is 11.3 Å². The van der Waals surface area contributed by atoms with Crippen LogP contribution in [0.3, 0.4) is 0 Å². The van der Waals surface area contributed by atoms with Crippen LogP contribution in [0.15, 0.2) is 22.8 Å². The van der Waals surface area contributed by atoms with Crippen molar-refractivity contribution in [1.29, 1.82) is 0 Å². The first-order chi connectivity index (χ1) is 12.2. The topological polar surface area (TPSA) is 74.1 Å². The van der Waals surface area contributed by atoms with E-state index in [9.17, 15) is 13.2 Å². The molecule has 0 spiro atoms. The number of nitrogens with zero attached hydrogens (tertiary/aromatic N) is 3. The molecule has 3 heterocycles. The van der Waals surface area contributed by atoms with Gasteiger partial charge in [-0.3, -0.25) is 4.79 Å². The number of rotatable bonds is 3. The Hall–Kier alpha value is -1.38. The molecule has 1 aromatic heterocycles. The molecular formula is C18H29N3O4S. The molecule has 1 aromatic rings. The summed E-state index contributed by atoms with van der Waals surface area (Å²) in [5.74, 6) is 0.667. The van der Waals surface area contributed by atoms with Crippen molar-refractivity contribution in [2.24, 2.45) is 11.3 Å². The number of carbonyl (C=O) groups is 1. The molecule has 2 aliphatic heterocycles. The zero-order valence-electron chi connectivity index (χ0n) is 15.8. The van der Waals surface area contributed by atoms with E-state index in [0.29, 0.717) is 50.9 Å². The highest BCUT2D eigenvalue weighted by Gasteiger charge is 2.37. The van der Waals surface area contributed by atoms with E-state index in [1.54, 1.807) is 21.3 Å². The Labute approximate surface area is 156 Å². The largest absolute Gasteiger partial charge is 0.459 e. The zero-order valence-corrected chi connectivity index (χ0v) is 16.7. The monoisotopic (exact) mass is 383 g/mol. The highest BCUT2D eigenvalue weighted by atomic mass is 32.2.